The van der Waals surface area contributed by atoms with Crippen molar-refractivity contribution in [1.82, 2.24) is 19.2 Å². The Morgan fingerprint density at radius 1 is 0.969 bits per heavy atom. The molecule has 32 heavy (non-hydrogen) atoms. The molecule has 5 rings (SSSR count). The predicted octanol–water partition coefficient (Wildman–Crippen LogP) is 4.97. The van der Waals surface area contributed by atoms with Crippen molar-refractivity contribution < 1.29 is 4.79 Å². The number of halogens is 1. The number of hydrogen-bond acceptors (Lipinski definition) is 5. The summed E-state index contributed by atoms with van der Waals surface area (Å²) >= 11 is 7.20. The number of rotatable bonds is 5. The fourth-order valence-corrected chi connectivity index (χ4v) is 4.61. The number of nitrogens with zero attached hydrogens (tertiary/aromatic N) is 4. The summed E-state index contributed by atoms with van der Waals surface area (Å²) < 4.78 is 3.42. The zero-order valence-electron chi connectivity index (χ0n) is 17.0. The molecule has 0 bridgehead atoms. The number of ketones is 1. The number of para-hydroxylation sites is 2. The molecule has 0 aliphatic heterocycles. The van der Waals surface area contributed by atoms with Gasteiger partial charge in [-0.15, -0.1) is 10.2 Å². The van der Waals surface area contributed by atoms with Crippen LogP contribution in [0.15, 0.2) is 82.7 Å². The van der Waals surface area contributed by atoms with Crippen LogP contribution in [0.3, 0.4) is 0 Å². The fraction of sp³-hybridized carbons (Fsp3) is 0.0833. The molecule has 3 aromatic carbocycles. The van der Waals surface area contributed by atoms with Gasteiger partial charge in [-0.25, -0.2) is 4.57 Å². The summed E-state index contributed by atoms with van der Waals surface area (Å²) in [6.07, 6.45) is 0. The van der Waals surface area contributed by atoms with Gasteiger partial charge < -0.3 is 0 Å². The number of fused-ring (bicyclic) bond motifs is 3. The first-order valence-corrected chi connectivity index (χ1v) is 11.3. The van der Waals surface area contributed by atoms with E-state index >= 15 is 0 Å². The van der Waals surface area contributed by atoms with Crippen LogP contribution in [0.4, 0.5) is 0 Å². The third-order valence-electron chi connectivity index (χ3n) is 5.25. The zero-order chi connectivity index (χ0) is 22.2. The summed E-state index contributed by atoms with van der Waals surface area (Å²) in [5.74, 6) is 0.546. The third-order valence-corrected chi connectivity index (χ3v) is 6.43. The molecule has 6 nitrogen and oxygen atoms in total. The maximum absolute atomic E-state index is 13.4. The van der Waals surface area contributed by atoms with E-state index in [0.717, 1.165) is 11.3 Å². The lowest BCUT2D eigenvalue weighted by Crippen LogP contribution is -2.22. The molecule has 0 aliphatic rings. The molecule has 2 heterocycles. The van der Waals surface area contributed by atoms with Crippen molar-refractivity contribution in [3.05, 3.63) is 99.3 Å². The Morgan fingerprint density at radius 3 is 2.47 bits per heavy atom. The van der Waals surface area contributed by atoms with E-state index in [4.69, 9.17) is 11.6 Å². The summed E-state index contributed by atoms with van der Waals surface area (Å²) in [5.41, 5.74) is 2.81. The van der Waals surface area contributed by atoms with Gasteiger partial charge in [0.2, 0.25) is 5.78 Å². The molecule has 0 N–H and O–H groups in total. The highest BCUT2D eigenvalue weighted by molar-refractivity contribution is 7.99. The van der Waals surface area contributed by atoms with Crippen molar-refractivity contribution >= 4 is 45.8 Å². The standard InChI is InChI=1S/C24H17ClN4O2S/c1-15-6-2-4-8-19(15)28-22(31)18-7-3-5-9-20(18)29-23(28)26-27-24(29)32-14-21(30)16-10-12-17(25)13-11-16/h2-13H,14H2,1H3. The van der Waals surface area contributed by atoms with E-state index < -0.39 is 0 Å². The van der Waals surface area contributed by atoms with Crippen molar-refractivity contribution in [2.45, 2.75) is 12.1 Å². The van der Waals surface area contributed by atoms with Crippen LogP contribution in [-0.2, 0) is 0 Å². The molecule has 2 aromatic heterocycles. The Hall–Kier alpha value is -3.42. The molecule has 0 radical (unpaired) electrons. The Bertz CT molecular complexity index is 1540. The highest BCUT2D eigenvalue weighted by Gasteiger charge is 2.19. The van der Waals surface area contributed by atoms with Crippen molar-refractivity contribution in [3.63, 3.8) is 0 Å². The molecule has 5 aromatic rings. The van der Waals surface area contributed by atoms with E-state index in [1.165, 1.54) is 11.8 Å². The number of thioether (sulfide) groups is 1. The molecular formula is C24H17ClN4O2S. The van der Waals surface area contributed by atoms with Crippen LogP contribution in [0.1, 0.15) is 15.9 Å². The average molecular weight is 461 g/mol. The topological polar surface area (TPSA) is 69.3 Å². The highest BCUT2D eigenvalue weighted by atomic mass is 35.5. The smallest absolute Gasteiger partial charge is 0.267 e. The van der Waals surface area contributed by atoms with Gasteiger partial charge in [-0.2, -0.15) is 0 Å². The molecule has 0 saturated heterocycles. The molecule has 0 amide bonds. The number of benzene rings is 3. The average Bonchev–Trinajstić information content (AvgIpc) is 3.23. The van der Waals surface area contributed by atoms with Crippen LogP contribution < -0.4 is 5.56 Å². The summed E-state index contributed by atoms with van der Waals surface area (Å²) in [5, 5.41) is 10.3. The summed E-state index contributed by atoms with van der Waals surface area (Å²) in [6.45, 7) is 1.95. The SMILES string of the molecule is Cc1ccccc1-n1c(=O)c2ccccc2n2c(SCC(=O)c3ccc(Cl)cc3)nnc12. The molecule has 0 atom stereocenters. The minimum atomic E-state index is -0.163. The van der Waals surface area contributed by atoms with Gasteiger partial charge in [-0.3, -0.25) is 14.0 Å². The van der Waals surface area contributed by atoms with Gasteiger partial charge in [0.1, 0.15) is 0 Å². The summed E-state index contributed by atoms with van der Waals surface area (Å²) in [7, 11) is 0. The van der Waals surface area contributed by atoms with Gasteiger partial charge in [0.05, 0.1) is 22.3 Å². The summed E-state index contributed by atoms with van der Waals surface area (Å²) in [4.78, 5) is 26.1. The lowest BCUT2D eigenvalue weighted by Gasteiger charge is -2.13. The van der Waals surface area contributed by atoms with Gasteiger partial charge in [-0.05, 0) is 55.0 Å². The quantitative estimate of drug-likeness (QED) is 0.273. The largest absolute Gasteiger partial charge is 0.293 e. The fourth-order valence-electron chi connectivity index (χ4n) is 3.65. The monoisotopic (exact) mass is 460 g/mol. The molecule has 0 aliphatic carbocycles. The van der Waals surface area contributed by atoms with E-state index in [-0.39, 0.29) is 17.1 Å². The normalized spacial score (nSPS) is 11.3. The van der Waals surface area contributed by atoms with E-state index in [2.05, 4.69) is 10.2 Å². The number of hydrogen-bond donors (Lipinski definition) is 0. The Morgan fingerprint density at radius 2 is 1.69 bits per heavy atom. The van der Waals surface area contributed by atoms with Crippen molar-refractivity contribution in [3.8, 4) is 5.69 Å². The third kappa shape index (κ3) is 3.49. The van der Waals surface area contributed by atoms with Gasteiger partial charge in [0.15, 0.2) is 10.9 Å². The first-order chi connectivity index (χ1) is 15.5. The molecule has 0 unspecified atom stereocenters. The van der Waals surface area contributed by atoms with E-state index in [1.807, 2.05) is 53.8 Å². The van der Waals surface area contributed by atoms with E-state index in [1.54, 1.807) is 34.9 Å². The number of Topliss-reactive ketones (excluding diaryl/α,β-unsaturated/α-hetero) is 1. The predicted molar refractivity (Wildman–Crippen MR) is 127 cm³/mol. The number of aryl methyl sites for hydroxylation is 1. The number of carbonyl (C=O) groups is 1. The van der Waals surface area contributed by atoms with Crippen molar-refractivity contribution in [1.29, 1.82) is 0 Å². The Balaban J connectivity index is 1.64. The lowest BCUT2D eigenvalue weighted by molar-refractivity contribution is 0.102. The maximum Gasteiger partial charge on any atom is 0.267 e. The van der Waals surface area contributed by atoms with Gasteiger partial charge >= 0.3 is 0 Å². The van der Waals surface area contributed by atoms with Crippen LogP contribution in [0.2, 0.25) is 5.02 Å². The second kappa shape index (κ2) is 8.26. The Kier molecular flexibility index (Phi) is 5.28. The molecular weight excluding hydrogens is 444 g/mol. The Labute approximate surface area is 192 Å². The minimum absolute atomic E-state index is 0.0417. The van der Waals surface area contributed by atoms with Crippen LogP contribution in [0, 0.1) is 6.92 Å². The van der Waals surface area contributed by atoms with Crippen LogP contribution in [0.25, 0.3) is 22.4 Å². The molecule has 0 fully saturated rings. The zero-order valence-corrected chi connectivity index (χ0v) is 18.6. The molecule has 0 spiro atoms. The lowest BCUT2D eigenvalue weighted by atomic mass is 10.1. The van der Waals surface area contributed by atoms with Crippen molar-refractivity contribution in [2.24, 2.45) is 0 Å². The van der Waals surface area contributed by atoms with E-state index in [0.29, 0.717) is 32.4 Å². The van der Waals surface area contributed by atoms with Gasteiger partial charge in [0.25, 0.3) is 5.56 Å². The highest BCUT2D eigenvalue weighted by Crippen LogP contribution is 2.25. The van der Waals surface area contributed by atoms with E-state index in [9.17, 15) is 9.59 Å². The van der Waals surface area contributed by atoms with Gasteiger partial charge in [-0.1, -0.05) is 53.7 Å². The molecule has 0 saturated carbocycles. The first kappa shape index (κ1) is 20.5. The second-order valence-electron chi connectivity index (χ2n) is 7.28. The van der Waals surface area contributed by atoms with Crippen molar-refractivity contribution in [2.75, 3.05) is 5.75 Å². The maximum atomic E-state index is 13.4. The van der Waals surface area contributed by atoms with Gasteiger partial charge in [0, 0.05) is 10.6 Å². The molecule has 8 heteroatoms. The van der Waals surface area contributed by atoms with Crippen LogP contribution in [-0.4, -0.2) is 30.7 Å². The number of aromatic nitrogens is 4. The second-order valence-corrected chi connectivity index (χ2v) is 8.66. The van der Waals surface area contributed by atoms with Crippen LogP contribution >= 0.6 is 23.4 Å². The first-order valence-electron chi connectivity index (χ1n) is 9.91. The van der Waals surface area contributed by atoms with Crippen LogP contribution in [0.5, 0.6) is 0 Å². The summed E-state index contributed by atoms with van der Waals surface area (Å²) in [6, 6.07) is 21.8. The minimum Gasteiger partial charge on any atom is -0.293 e. The molecule has 158 valence electrons. The number of carbonyl (C=O) groups excluding carboxylic acids is 1.